The van der Waals surface area contributed by atoms with Crippen LogP contribution in [0.5, 0.6) is 0 Å². The fraction of sp³-hybridized carbons (Fsp3) is 0.381. The maximum Gasteiger partial charge on any atom is 0.252 e. The summed E-state index contributed by atoms with van der Waals surface area (Å²) >= 11 is 7.39. The highest BCUT2D eigenvalue weighted by Crippen LogP contribution is 2.41. The van der Waals surface area contributed by atoms with Crippen molar-refractivity contribution >= 4 is 38.6 Å². The maximum atomic E-state index is 13.2. The second-order valence-corrected chi connectivity index (χ2v) is 11.5. The zero-order valence-electron chi connectivity index (χ0n) is 16.5. The summed E-state index contributed by atoms with van der Waals surface area (Å²) in [6.45, 7) is 4.18. The summed E-state index contributed by atoms with van der Waals surface area (Å²) in [5.74, 6) is 1.83. The summed E-state index contributed by atoms with van der Waals surface area (Å²) in [4.78, 5) is 7.32. The van der Waals surface area contributed by atoms with Gasteiger partial charge in [0.2, 0.25) is 0 Å². The molecule has 1 saturated carbocycles. The minimum Gasteiger partial charge on any atom is -0.440 e. The molecule has 2 fully saturated rings. The molecular formula is C21H22ClN3O3S2. The van der Waals surface area contributed by atoms with Gasteiger partial charge >= 0.3 is 0 Å². The zero-order chi connectivity index (χ0) is 20.9. The van der Waals surface area contributed by atoms with E-state index in [1.54, 1.807) is 22.6 Å². The summed E-state index contributed by atoms with van der Waals surface area (Å²) in [6.07, 6.45) is 3.93. The third kappa shape index (κ3) is 3.77. The van der Waals surface area contributed by atoms with Crippen LogP contribution in [0.15, 0.2) is 45.2 Å². The second-order valence-electron chi connectivity index (χ2n) is 7.78. The molecule has 1 saturated heterocycles. The minimum absolute atomic E-state index is 0.342. The van der Waals surface area contributed by atoms with Crippen molar-refractivity contribution in [2.75, 3.05) is 31.1 Å². The Kier molecular flexibility index (Phi) is 5.13. The number of hydrogen-bond donors (Lipinski definition) is 0. The van der Waals surface area contributed by atoms with E-state index in [2.05, 4.69) is 9.88 Å². The van der Waals surface area contributed by atoms with Gasteiger partial charge in [-0.1, -0.05) is 17.7 Å². The molecule has 30 heavy (non-hydrogen) atoms. The van der Waals surface area contributed by atoms with Crippen molar-refractivity contribution in [3.8, 4) is 10.6 Å². The van der Waals surface area contributed by atoms with Crippen molar-refractivity contribution in [2.45, 2.75) is 29.9 Å². The number of thiophene rings is 1. The van der Waals surface area contributed by atoms with Crippen molar-refractivity contribution in [1.82, 2.24) is 9.29 Å². The van der Waals surface area contributed by atoms with Gasteiger partial charge in [0.15, 0.2) is 11.7 Å². The number of benzene rings is 1. The first-order valence-corrected chi connectivity index (χ1v) is 12.6. The van der Waals surface area contributed by atoms with E-state index in [9.17, 15) is 8.42 Å². The number of hydrogen-bond acceptors (Lipinski definition) is 6. The average molecular weight is 464 g/mol. The van der Waals surface area contributed by atoms with Gasteiger partial charge in [-0.2, -0.15) is 4.31 Å². The molecule has 0 spiro atoms. The standard InChI is InChI=1S/C21H22ClN3O3S2/c1-14-2-5-16(22)12-17(14)24-8-10-25(11-9-24)30(26,27)20-7-6-19(29-20)18-13-23-21(28-18)15-3-4-15/h2,5-7,12-13,15H,3-4,8-11H2,1H3. The fourth-order valence-corrected chi connectivity index (χ4v) is 6.73. The number of piperazine rings is 1. The minimum atomic E-state index is -3.53. The van der Waals surface area contributed by atoms with Crippen LogP contribution < -0.4 is 4.90 Å². The first-order chi connectivity index (χ1) is 14.4. The first-order valence-electron chi connectivity index (χ1n) is 9.99. The third-order valence-corrected chi connectivity index (χ3v) is 9.32. The molecule has 6 nitrogen and oxygen atoms in total. The van der Waals surface area contributed by atoms with Gasteiger partial charge in [-0.15, -0.1) is 11.3 Å². The molecule has 1 aromatic carbocycles. The number of oxazole rings is 1. The molecule has 0 atom stereocenters. The molecule has 0 bridgehead atoms. The van der Waals surface area contributed by atoms with Gasteiger partial charge in [-0.25, -0.2) is 13.4 Å². The highest BCUT2D eigenvalue weighted by atomic mass is 35.5. The van der Waals surface area contributed by atoms with Crippen molar-refractivity contribution < 1.29 is 12.8 Å². The summed E-state index contributed by atoms with van der Waals surface area (Å²) in [5, 5.41) is 0.689. The van der Waals surface area contributed by atoms with Gasteiger partial charge in [0.05, 0.1) is 11.1 Å². The van der Waals surface area contributed by atoms with Crippen LogP contribution in [0.4, 0.5) is 5.69 Å². The molecule has 0 amide bonds. The molecule has 1 aliphatic heterocycles. The van der Waals surface area contributed by atoms with Gasteiger partial charge in [-0.05, 0) is 49.6 Å². The molecular weight excluding hydrogens is 442 g/mol. The van der Waals surface area contributed by atoms with Gasteiger partial charge in [0, 0.05) is 42.8 Å². The van der Waals surface area contributed by atoms with Crippen LogP contribution in [0.2, 0.25) is 5.02 Å². The Labute approximate surface area is 185 Å². The molecule has 0 radical (unpaired) electrons. The topological polar surface area (TPSA) is 66.7 Å². The van der Waals surface area contributed by atoms with Crippen LogP contribution in [0.3, 0.4) is 0 Å². The van der Waals surface area contributed by atoms with E-state index in [-0.39, 0.29) is 0 Å². The lowest BCUT2D eigenvalue weighted by molar-refractivity contribution is 0.385. The zero-order valence-corrected chi connectivity index (χ0v) is 18.9. The Bertz CT molecular complexity index is 1180. The lowest BCUT2D eigenvalue weighted by atomic mass is 10.1. The molecule has 2 aromatic heterocycles. The van der Waals surface area contributed by atoms with E-state index in [1.807, 2.05) is 25.1 Å². The van der Waals surface area contributed by atoms with Crippen LogP contribution >= 0.6 is 22.9 Å². The predicted molar refractivity (Wildman–Crippen MR) is 119 cm³/mol. The largest absolute Gasteiger partial charge is 0.440 e. The monoisotopic (exact) mass is 463 g/mol. The lowest BCUT2D eigenvalue weighted by Crippen LogP contribution is -2.48. The Morgan fingerprint density at radius 2 is 1.90 bits per heavy atom. The van der Waals surface area contributed by atoms with Crippen molar-refractivity contribution in [3.63, 3.8) is 0 Å². The van der Waals surface area contributed by atoms with Crippen LogP contribution in [0.1, 0.15) is 30.2 Å². The molecule has 158 valence electrons. The SMILES string of the molecule is Cc1ccc(Cl)cc1N1CCN(S(=O)(=O)c2ccc(-c3cnc(C4CC4)o3)s2)CC1. The quantitative estimate of drug-likeness (QED) is 0.546. The van der Waals surface area contributed by atoms with Crippen LogP contribution in [-0.2, 0) is 10.0 Å². The highest BCUT2D eigenvalue weighted by Gasteiger charge is 2.31. The second kappa shape index (κ2) is 7.67. The predicted octanol–water partition coefficient (Wildman–Crippen LogP) is 4.75. The summed E-state index contributed by atoms with van der Waals surface area (Å²) < 4.78 is 34.1. The Morgan fingerprint density at radius 3 is 2.63 bits per heavy atom. The van der Waals surface area contributed by atoms with Crippen molar-refractivity contribution in [1.29, 1.82) is 0 Å². The number of sulfonamides is 1. The van der Waals surface area contributed by atoms with Crippen LogP contribution in [0.25, 0.3) is 10.6 Å². The van der Waals surface area contributed by atoms with E-state index < -0.39 is 10.0 Å². The molecule has 2 aliphatic rings. The van der Waals surface area contributed by atoms with E-state index in [0.717, 1.165) is 34.9 Å². The number of anilines is 1. The van der Waals surface area contributed by atoms with E-state index >= 15 is 0 Å². The molecule has 1 aliphatic carbocycles. The summed E-state index contributed by atoms with van der Waals surface area (Å²) in [7, 11) is -3.53. The fourth-order valence-electron chi connectivity index (χ4n) is 3.73. The average Bonchev–Trinajstić information content (AvgIpc) is 3.26. The van der Waals surface area contributed by atoms with Crippen LogP contribution in [-0.4, -0.2) is 43.9 Å². The van der Waals surface area contributed by atoms with E-state index in [4.69, 9.17) is 16.0 Å². The van der Waals surface area contributed by atoms with Gasteiger partial charge in [0.1, 0.15) is 4.21 Å². The molecule has 0 unspecified atom stereocenters. The summed E-state index contributed by atoms with van der Waals surface area (Å²) in [6, 6.07) is 9.28. The number of rotatable bonds is 5. The lowest BCUT2D eigenvalue weighted by Gasteiger charge is -2.36. The third-order valence-electron chi connectivity index (χ3n) is 5.62. The van der Waals surface area contributed by atoms with Crippen LogP contribution in [0, 0.1) is 6.92 Å². The van der Waals surface area contributed by atoms with Crippen molar-refractivity contribution in [3.05, 3.63) is 53.0 Å². The molecule has 3 aromatic rings. The van der Waals surface area contributed by atoms with Gasteiger partial charge in [-0.3, -0.25) is 0 Å². The molecule has 3 heterocycles. The Hall–Kier alpha value is -1.87. The first kappa shape index (κ1) is 20.1. The number of aryl methyl sites for hydroxylation is 1. The Morgan fingerprint density at radius 1 is 1.13 bits per heavy atom. The maximum absolute atomic E-state index is 13.2. The molecule has 5 rings (SSSR count). The van der Waals surface area contributed by atoms with Crippen molar-refractivity contribution in [2.24, 2.45) is 0 Å². The Balaban J connectivity index is 1.30. The van der Waals surface area contributed by atoms with Gasteiger partial charge < -0.3 is 9.32 Å². The smallest absolute Gasteiger partial charge is 0.252 e. The number of halogens is 1. The van der Waals surface area contributed by atoms with E-state index in [1.165, 1.54) is 11.3 Å². The molecule has 9 heteroatoms. The normalized spacial score (nSPS) is 18.1. The summed E-state index contributed by atoms with van der Waals surface area (Å²) in [5.41, 5.74) is 2.20. The van der Waals surface area contributed by atoms with Gasteiger partial charge in [0.25, 0.3) is 10.0 Å². The van der Waals surface area contributed by atoms with E-state index in [0.29, 0.717) is 47.1 Å². The number of nitrogens with zero attached hydrogens (tertiary/aromatic N) is 3. The molecule has 0 N–H and O–H groups in total. The highest BCUT2D eigenvalue weighted by molar-refractivity contribution is 7.91. The number of aromatic nitrogens is 1.